The van der Waals surface area contributed by atoms with Gasteiger partial charge in [0.15, 0.2) is 0 Å². The molecule has 2 nitrogen and oxygen atoms in total. The summed E-state index contributed by atoms with van der Waals surface area (Å²) in [6.07, 6.45) is -8.84. The first-order chi connectivity index (χ1) is 10.2. The van der Waals surface area contributed by atoms with Gasteiger partial charge in [0.25, 0.3) is 0 Å². The van der Waals surface area contributed by atoms with Crippen molar-refractivity contribution >= 4 is 0 Å². The number of rotatable bonds is 4. The number of hydrogen-bond acceptors (Lipinski definition) is 2. The quantitative estimate of drug-likeness (QED) is 0.584. The van der Waals surface area contributed by atoms with E-state index in [1.165, 1.54) is 0 Å². The lowest BCUT2D eigenvalue weighted by Gasteiger charge is -2.38. The molecular weight excluding hydrogens is 385 g/mol. The Morgan fingerprint density at radius 1 is 0.792 bits per heavy atom. The second-order valence-electron chi connectivity index (χ2n) is 4.87. The fourth-order valence-electron chi connectivity index (χ4n) is 1.77. The largest absolute Gasteiger partial charge is 0.394 e. The summed E-state index contributed by atoms with van der Waals surface area (Å²) in [5.74, 6) is -20.0. The minimum absolute atomic E-state index is 0.0634. The minimum atomic E-state index is -7.15. The van der Waals surface area contributed by atoms with Crippen molar-refractivity contribution in [3.63, 3.8) is 0 Å². The Hall–Kier alpha value is -0.990. The van der Waals surface area contributed by atoms with E-state index in [9.17, 15) is 57.1 Å². The second-order valence-corrected chi connectivity index (χ2v) is 4.87. The Morgan fingerprint density at radius 3 is 1.33 bits per heavy atom. The van der Waals surface area contributed by atoms with Crippen LogP contribution in [-0.2, 0) is 0 Å². The average Bonchev–Trinajstić information content (AvgIpc) is 2.41. The van der Waals surface area contributed by atoms with Crippen molar-refractivity contribution in [1.29, 1.82) is 0 Å². The molecule has 0 bridgehead atoms. The highest BCUT2D eigenvalue weighted by molar-refractivity contribution is 5.15. The van der Waals surface area contributed by atoms with E-state index in [1.54, 1.807) is 0 Å². The predicted molar refractivity (Wildman–Crippen MR) is 48.1 cm³/mol. The maximum absolute atomic E-state index is 13.4. The van der Waals surface area contributed by atoms with E-state index in [2.05, 4.69) is 0 Å². The van der Waals surface area contributed by atoms with Gasteiger partial charge in [0.05, 0.1) is 0 Å². The number of hydrogen-bond donors (Lipinski definition) is 1. The first-order valence-electron chi connectivity index (χ1n) is 5.61. The zero-order chi connectivity index (χ0) is 19.7. The molecule has 1 saturated heterocycles. The van der Waals surface area contributed by atoms with Gasteiger partial charge in [0.2, 0.25) is 6.17 Å². The molecular formula is C9H6F13NO. The van der Waals surface area contributed by atoms with Crippen molar-refractivity contribution in [2.75, 3.05) is 0 Å². The van der Waals surface area contributed by atoms with E-state index in [0.29, 0.717) is 0 Å². The molecule has 0 amide bonds. The van der Waals surface area contributed by atoms with Gasteiger partial charge in [-0.05, 0) is 6.92 Å². The van der Waals surface area contributed by atoms with Crippen LogP contribution >= 0.6 is 0 Å². The van der Waals surface area contributed by atoms with Crippen LogP contribution in [0.5, 0.6) is 0 Å². The van der Waals surface area contributed by atoms with E-state index in [4.69, 9.17) is 5.11 Å². The fourth-order valence-corrected chi connectivity index (χ4v) is 1.77. The number of alkyl halides is 13. The van der Waals surface area contributed by atoms with Crippen molar-refractivity contribution in [2.24, 2.45) is 0 Å². The van der Waals surface area contributed by atoms with Gasteiger partial charge in [0.1, 0.15) is 6.10 Å². The number of aliphatic hydroxyl groups excluding tert-OH is 1. The predicted octanol–water partition coefficient (Wildman–Crippen LogP) is 3.71. The Bertz CT molecular complexity index is 476. The molecule has 0 aliphatic carbocycles. The highest BCUT2D eigenvalue weighted by atomic mass is 19.4. The van der Waals surface area contributed by atoms with Gasteiger partial charge in [-0.2, -0.15) is 43.9 Å². The molecule has 0 aromatic rings. The molecule has 0 spiro atoms. The molecule has 1 aliphatic heterocycles. The van der Waals surface area contributed by atoms with Gasteiger partial charge >= 0.3 is 35.9 Å². The summed E-state index contributed by atoms with van der Waals surface area (Å²) in [5.41, 5.74) is 0. The SMILES string of the molecule is CC(O)C(F)(F)C(F)C(F)(F)N1C(F)(F)C(F)(F)C(F)(F)C1(F)F. The molecule has 144 valence electrons. The van der Waals surface area contributed by atoms with Gasteiger partial charge < -0.3 is 5.11 Å². The molecule has 0 saturated carbocycles. The van der Waals surface area contributed by atoms with Gasteiger partial charge in [-0.25, -0.2) is 13.2 Å². The molecule has 0 radical (unpaired) electrons. The second kappa shape index (κ2) is 5.02. The van der Waals surface area contributed by atoms with Gasteiger partial charge in [-0.3, -0.25) is 0 Å². The van der Waals surface area contributed by atoms with Crippen molar-refractivity contribution in [2.45, 2.75) is 55.1 Å². The fraction of sp³-hybridized carbons (Fsp3) is 1.00. The first kappa shape index (κ1) is 21.1. The molecule has 24 heavy (non-hydrogen) atoms. The van der Waals surface area contributed by atoms with Crippen LogP contribution < -0.4 is 0 Å². The Morgan fingerprint density at radius 2 is 1.08 bits per heavy atom. The van der Waals surface area contributed by atoms with Crippen LogP contribution in [0.15, 0.2) is 0 Å². The topological polar surface area (TPSA) is 23.5 Å². The Labute approximate surface area is 123 Å². The highest BCUT2D eigenvalue weighted by Crippen LogP contribution is 2.66. The summed E-state index contributed by atoms with van der Waals surface area (Å²) >= 11 is 0. The molecule has 2 atom stereocenters. The molecule has 0 aromatic carbocycles. The minimum Gasteiger partial charge on any atom is -0.387 e. The molecule has 1 aliphatic rings. The molecule has 0 aromatic heterocycles. The van der Waals surface area contributed by atoms with E-state index < -0.39 is 53.1 Å². The normalized spacial score (nSPS) is 28.6. The Kier molecular flexibility index (Phi) is 4.40. The molecule has 1 N–H and O–H groups in total. The monoisotopic (exact) mass is 391 g/mol. The van der Waals surface area contributed by atoms with E-state index >= 15 is 0 Å². The third kappa shape index (κ3) is 2.19. The first-order valence-corrected chi connectivity index (χ1v) is 5.61. The van der Waals surface area contributed by atoms with Crippen molar-refractivity contribution in [1.82, 2.24) is 4.90 Å². The van der Waals surface area contributed by atoms with E-state index in [0.717, 1.165) is 0 Å². The number of nitrogens with zero attached hydrogens (tertiary/aromatic N) is 1. The molecule has 15 heteroatoms. The summed E-state index contributed by atoms with van der Waals surface area (Å²) in [7, 11) is 0. The summed E-state index contributed by atoms with van der Waals surface area (Å²) < 4.78 is 169. The third-order valence-electron chi connectivity index (χ3n) is 3.21. The maximum Gasteiger partial charge on any atom is 0.394 e. The van der Waals surface area contributed by atoms with Crippen LogP contribution in [0.4, 0.5) is 57.1 Å². The van der Waals surface area contributed by atoms with Gasteiger partial charge in [0, 0.05) is 0 Å². The van der Waals surface area contributed by atoms with Crippen LogP contribution in [-0.4, -0.2) is 58.2 Å². The lowest BCUT2D eigenvalue weighted by atomic mass is 10.1. The van der Waals surface area contributed by atoms with Crippen molar-refractivity contribution in [3.8, 4) is 0 Å². The standard InChI is InChI=1S/C9H6F13NO/c1-2(24)4(11,12)3(10)5(13,14)23-8(19,20)6(15,16)7(17,18)9(23,21)22/h2-3,24H,1H3. The maximum atomic E-state index is 13.4. The number of aliphatic hydroxyl groups is 1. The summed E-state index contributed by atoms with van der Waals surface area (Å²) in [5, 5.41) is 8.41. The lowest BCUT2D eigenvalue weighted by molar-refractivity contribution is -0.391. The van der Waals surface area contributed by atoms with Crippen LogP contribution in [0.2, 0.25) is 0 Å². The number of likely N-dealkylation sites (tertiary alicyclic amines) is 1. The van der Waals surface area contributed by atoms with Crippen LogP contribution in [0, 0.1) is 0 Å². The number of halogens is 13. The highest BCUT2D eigenvalue weighted by Gasteiger charge is 2.97. The van der Waals surface area contributed by atoms with Crippen molar-refractivity contribution < 1.29 is 62.2 Å². The van der Waals surface area contributed by atoms with Crippen LogP contribution in [0.3, 0.4) is 0 Å². The molecule has 1 heterocycles. The van der Waals surface area contributed by atoms with Gasteiger partial charge in [-0.1, -0.05) is 0 Å². The zero-order valence-electron chi connectivity index (χ0n) is 11.0. The lowest BCUT2D eigenvalue weighted by Crippen LogP contribution is -2.66. The zero-order valence-corrected chi connectivity index (χ0v) is 11.0. The average molecular weight is 391 g/mol. The smallest absolute Gasteiger partial charge is 0.387 e. The third-order valence-corrected chi connectivity index (χ3v) is 3.21. The van der Waals surface area contributed by atoms with Crippen LogP contribution in [0.1, 0.15) is 6.92 Å². The van der Waals surface area contributed by atoms with Crippen molar-refractivity contribution in [3.05, 3.63) is 0 Å². The molecule has 1 fully saturated rings. The summed E-state index contributed by atoms with van der Waals surface area (Å²) in [6, 6.07) is -21.1. The summed E-state index contributed by atoms with van der Waals surface area (Å²) in [4.78, 5) is -3.59. The van der Waals surface area contributed by atoms with Gasteiger partial charge in [-0.15, -0.1) is 4.90 Å². The molecule has 2 unspecified atom stereocenters. The summed E-state index contributed by atoms with van der Waals surface area (Å²) in [6.45, 7) is -0.0634. The van der Waals surface area contributed by atoms with E-state index in [-0.39, 0.29) is 6.92 Å². The molecule has 1 rings (SSSR count). The van der Waals surface area contributed by atoms with E-state index in [1.807, 2.05) is 0 Å². The van der Waals surface area contributed by atoms with Crippen LogP contribution in [0.25, 0.3) is 0 Å². The Balaban J connectivity index is 3.59.